The first-order valence-electron chi connectivity index (χ1n) is 7.19. The maximum absolute atomic E-state index is 9.90. The number of aliphatic carboxylic acids is 2. The van der Waals surface area contributed by atoms with Crippen LogP contribution in [0.4, 0.5) is 0 Å². The summed E-state index contributed by atoms with van der Waals surface area (Å²) >= 11 is 5.27. The van der Waals surface area contributed by atoms with E-state index in [1.165, 1.54) is 0 Å². The minimum Gasteiger partial charge on any atom is -0.481 e. The Labute approximate surface area is 136 Å². The number of halogens is 1. The fourth-order valence-electron chi connectivity index (χ4n) is 1.04. The highest BCUT2D eigenvalue weighted by atomic mass is 35.5. The summed E-state index contributed by atoms with van der Waals surface area (Å²) in [5.41, 5.74) is 10.3. The van der Waals surface area contributed by atoms with Gasteiger partial charge in [0.05, 0.1) is 18.6 Å². The fourth-order valence-corrected chi connectivity index (χ4v) is 1.22. The number of carbonyl (C=O) groups is 2. The highest BCUT2D eigenvalue weighted by Gasteiger charge is 2.19. The molecular formula is C13H28ClN3O5. The van der Waals surface area contributed by atoms with Gasteiger partial charge in [-0.25, -0.2) is 0 Å². The first-order valence-corrected chi connectivity index (χ1v) is 7.73. The molecule has 1 saturated heterocycles. The Morgan fingerprint density at radius 1 is 1.09 bits per heavy atom. The lowest BCUT2D eigenvalue weighted by molar-refractivity contribution is -0.139. The van der Waals surface area contributed by atoms with E-state index in [9.17, 15) is 9.59 Å². The molecule has 1 atom stereocenters. The number of carboxylic acids is 2. The molecule has 0 aromatic heterocycles. The van der Waals surface area contributed by atoms with Gasteiger partial charge in [-0.1, -0.05) is 0 Å². The van der Waals surface area contributed by atoms with E-state index in [4.69, 9.17) is 38.0 Å². The van der Waals surface area contributed by atoms with Gasteiger partial charge in [-0.2, -0.15) is 0 Å². The summed E-state index contributed by atoms with van der Waals surface area (Å²) in [5, 5.41) is 19.3. The van der Waals surface area contributed by atoms with Crippen LogP contribution in [0.25, 0.3) is 0 Å². The summed E-state index contributed by atoms with van der Waals surface area (Å²) in [5.74, 6) is -1.07. The van der Waals surface area contributed by atoms with E-state index in [0.717, 1.165) is 19.7 Å². The van der Waals surface area contributed by atoms with E-state index < -0.39 is 11.9 Å². The number of hydrogen-bond donors (Lipinski definition) is 5. The first kappa shape index (κ1) is 23.3. The van der Waals surface area contributed by atoms with E-state index in [0.29, 0.717) is 37.9 Å². The van der Waals surface area contributed by atoms with Gasteiger partial charge in [0, 0.05) is 39.0 Å². The Morgan fingerprint density at radius 2 is 1.50 bits per heavy atom. The molecule has 1 aliphatic rings. The van der Waals surface area contributed by atoms with E-state index in [2.05, 4.69) is 5.32 Å². The van der Waals surface area contributed by atoms with E-state index >= 15 is 0 Å². The highest BCUT2D eigenvalue weighted by molar-refractivity contribution is 6.18. The number of rotatable bonds is 10. The molecule has 132 valence electrons. The molecule has 1 fully saturated rings. The van der Waals surface area contributed by atoms with Gasteiger partial charge in [-0.3, -0.25) is 9.59 Å². The molecule has 0 spiro atoms. The van der Waals surface area contributed by atoms with Gasteiger partial charge >= 0.3 is 11.9 Å². The third-order valence-electron chi connectivity index (χ3n) is 2.25. The predicted molar refractivity (Wildman–Crippen MR) is 85.2 cm³/mol. The maximum atomic E-state index is 9.90. The topological polar surface area (TPSA) is 151 Å². The number of nitrogens with one attached hydrogen (secondary N) is 1. The van der Waals surface area contributed by atoms with Gasteiger partial charge < -0.3 is 31.7 Å². The summed E-state index contributed by atoms with van der Waals surface area (Å²) in [6, 6.07) is 0. The van der Waals surface area contributed by atoms with Crippen molar-refractivity contribution in [2.24, 2.45) is 11.5 Å². The van der Waals surface area contributed by atoms with E-state index in [1.807, 2.05) is 0 Å². The largest absolute Gasteiger partial charge is 0.481 e. The molecule has 0 radical (unpaired) electrons. The minimum absolute atomic E-state index is 0.0628. The summed E-state index contributed by atoms with van der Waals surface area (Å²) in [4.78, 5) is 19.8. The second kappa shape index (κ2) is 18.1. The third kappa shape index (κ3) is 27.4. The Morgan fingerprint density at radius 3 is 1.68 bits per heavy atom. The third-order valence-corrected chi connectivity index (χ3v) is 2.59. The molecule has 1 aliphatic heterocycles. The molecule has 0 aromatic carbocycles. The van der Waals surface area contributed by atoms with Crippen molar-refractivity contribution in [1.82, 2.24) is 5.32 Å². The van der Waals surface area contributed by atoms with Crippen LogP contribution >= 0.6 is 11.6 Å². The van der Waals surface area contributed by atoms with Crippen molar-refractivity contribution in [2.45, 2.75) is 31.8 Å². The van der Waals surface area contributed by atoms with Crippen LogP contribution in [-0.4, -0.2) is 66.9 Å². The molecule has 0 saturated carbocycles. The van der Waals surface area contributed by atoms with Gasteiger partial charge in [0.25, 0.3) is 0 Å². The summed E-state index contributed by atoms with van der Waals surface area (Å²) in [7, 11) is 0. The molecule has 0 aromatic rings. The van der Waals surface area contributed by atoms with Crippen molar-refractivity contribution in [3.63, 3.8) is 0 Å². The summed E-state index contributed by atoms with van der Waals surface area (Å²) in [6.07, 6.45) is 1.42. The maximum Gasteiger partial charge on any atom is 0.303 e. The SMILES string of the molecule is ClCC1CO1.NCCNCCN.O=C(O)CCCCC(=O)O. The van der Waals surface area contributed by atoms with Crippen molar-refractivity contribution >= 4 is 23.5 Å². The quantitative estimate of drug-likeness (QED) is 0.209. The monoisotopic (exact) mass is 341 g/mol. The average molecular weight is 342 g/mol. The molecule has 1 unspecified atom stereocenters. The van der Waals surface area contributed by atoms with E-state index in [1.54, 1.807) is 0 Å². The molecule has 0 aliphatic carbocycles. The van der Waals surface area contributed by atoms with Crippen LogP contribution < -0.4 is 16.8 Å². The van der Waals surface area contributed by atoms with Crippen LogP contribution in [0.3, 0.4) is 0 Å². The van der Waals surface area contributed by atoms with Crippen LogP contribution in [0.5, 0.6) is 0 Å². The standard InChI is InChI=1S/C6H10O4.C4H13N3.C3H5ClO/c7-5(8)3-1-2-4-6(9)10;5-1-3-7-4-2-6;4-1-3-2-5-3/h1-4H2,(H,7,8)(H,9,10);7H,1-6H2;3H,1-2H2. The van der Waals surface area contributed by atoms with Crippen LogP contribution in [-0.2, 0) is 14.3 Å². The number of ether oxygens (including phenoxy) is 1. The predicted octanol–water partition coefficient (Wildman–Crippen LogP) is -0.167. The van der Waals surface area contributed by atoms with Crippen molar-refractivity contribution in [2.75, 3.05) is 38.7 Å². The number of nitrogens with two attached hydrogens (primary N) is 2. The minimum atomic E-state index is -0.870. The van der Waals surface area contributed by atoms with Gasteiger partial charge in [0.15, 0.2) is 0 Å². The highest BCUT2D eigenvalue weighted by Crippen LogP contribution is 2.08. The second-order valence-corrected chi connectivity index (χ2v) is 4.74. The molecule has 1 heterocycles. The van der Waals surface area contributed by atoms with Crippen molar-refractivity contribution in [3.8, 4) is 0 Å². The van der Waals surface area contributed by atoms with Crippen LogP contribution in [0, 0.1) is 0 Å². The number of alkyl halides is 1. The Kier molecular flexibility index (Phi) is 19.2. The Bertz CT molecular complexity index is 258. The summed E-state index contributed by atoms with van der Waals surface area (Å²) < 4.78 is 4.73. The van der Waals surface area contributed by atoms with Crippen LogP contribution in [0.15, 0.2) is 0 Å². The lowest BCUT2D eigenvalue weighted by atomic mass is 10.2. The fraction of sp³-hybridized carbons (Fsp3) is 0.846. The van der Waals surface area contributed by atoms with Crippen molar-refractivity contribution in [1.29, 1.82) is 0 Å². The van der Waals surface area contributed by atoms with E-state index in [-0.39, 0.29) is 12.8 Å². The van der Waals surface area contributed by atoms with Gasteiger partial charge in [-0.15, -0.1) is 11.6 Å². The normalized spacial score (nSPS) is 15.0. The van der Waals surface area contributed by atoms with Crippen molar-refractivity contribution in [3.05, 3.63) is 0 Å². The molecule has 1 rings (SSSR count). The second-order valence-electron chi connectivity index (χ2n) is 4.43. The molecule has 0 amide bonds. The summed E-state index contributed by atoms with van der Waals surface area (Å²) in [6.45, 7) is 4.01. The smallest absolute Gasteiger partial charge is 0.303 e. The zero-order valence-corrected chi connectivity index (χ0v) is 13.6. The van der Waals surface area contributed by atoms with Gasteiger partial charge in [-0.05, 0) is 12.8 Å². The lowest BCUT2D eigenvalue weighted by Gasteiger charge is -1.95. The molecule has 9 heteroatoms. The molecule has 8 nitrogen and oxygen atoms in total. The van der Waals surface area contributed by atoms with Crippen LogP contribution in [0.1, 0.15) is 25.7 Å². The molecule has 7 N–H and O–H groups in total. The first-order chi connectivity index (χ1) is 10.5. The lowest BCUT2D eigenvalue weighted by Crippen LogP contribution is -2.27. The Hall–Kier alpha value is -0.930. The molecule has 22 heavy (non-hydrogen) atoms. The van der Waals surface area contributed by atoms with Crippen LogP contribution in [0.2, 0.25) is 0 Å². The van der Waals surface area contributed by atoms with Gasteiger partial charge in [0.2, 0.25) is 0 Å². The zero-order chi connectivity index (χ0) is 17.2. The Balaban J connectivity index is 0. The molecule has 0 bridgehead atoms. The average Bonchev–Trinajstić information content (AvgIpc) is 3.29. The van der Waals surface area contributed by atoms with Crippen molar-refractivity contribution < 1.29 is 24.5 Å². The number of epoxide rings is 1. The number of carboxylic acid groups (broad SMARTS) is 2. The number of hydrogen-bond acceptors (Lipinski definition) is 6. The zero-order valence-electron chi connectivity index (χ0n) is 12.8. The van der Waals surface area contributed by atoms with Gasteiger partial charge in [0.1, 0.15) is 0 Å². The number of unbranched alkanes of at least 4 members (excludes halogenated alkanes) is 1. The molecular weight excluding hydrogens is 314 g/mol.